The number of rotatable bonds is 5. The van der Waals surface area contributed by atoms with Gasteiger partial charge >= 0.3 is 0 Å². The van der Waals surface area contributed by atoms with Gasteiger partial charge in [-0.15, -0.1) is 5.10 Å². The number of aromatic nitrogens is 4. The monoisotopic (exact) mass is 329 g/mol. The molecule has 0 atom stereocenters. The second-order valence-electron chi connectivity index (χ2n) is 4.75. The van der Waals surface area contributed by atoms with Gasteiger partial charge < -0.3 is 10.1 Å². The lowest BCUT2D eigenvalue weighted by atomic mass is 10.3. The Kier molecular flexibility index (Phi) is 4.46. The zero-order valence-electron chi connectivity index (χ0n) is 12.6. The highest BCUT2D eigenvalue weighted by Gasteiger charge is 2.06. The third-order valence-corrected chi connectivity index (χ3v) is 3.21. The first-order valence-electron chi connectivity index (χ1n) is 6.98. The Morgan fingerprint density at radius 1 is 1.12 bits per heavy atom. The lowest BCUT2D eigenvalue weighted by molar-refractivity contribution is 0.414. The Balaban J connectivity index is 1.77. The standard InChI is InChI=1S/C16H13F2N5O/c1-24-13-5-3-12(4-6-13)23-16(20-21-22-23)8-9-19-15-7-2-11(17)10-14(15)18/h2-10,19H,1H3/b9-8+. The van der Waals surface area contributed by atoms with E-state index in [0.717, 1.165) is 17.5 Å². The summed E-state index contributed by atoms with van der Waals surface area (Å²) in [4.78, 5) is 0. The predicted molar refractivity (Wildman–Crippen MR) is 84.7 cm³/mol. The van der Waals surface area contributed by atoms with Crippen molar-refractivity contribution in [1.82, 2.24) is 20.2 Å². The highest BCUT2D eigenvalue weighted by Crippen LogP contribution is 2.17. The molecule has 8 heteroatoms. The van der Waals surface area contributed by atoms with Gasteiger partial charge in [-0.25, -0.2) is 8.78 Å². The van der Waals surface area contributed by atoms with Gasteiger partial charge in [0.05, 0.1) is 18.5 Å². The fourth-order valence-corrected chi connectivity index (χ4v) is 2.02. The Morgan fingerprint density at radius 3 is 2.62 bits per heavy atom. The molecule has 3 aromatic rings. The lowest BCUT2D eigenvalue weighted by Gasteiger charge is -2.04. The van der Waals surface area contributed by atoms with Crippen LogP contribution in [0.15, 0.2) is 48.7 Å². The van der Waals surface area contributed by atoms with Gasteiger partial charge in [0.15, 0.2) is 5.82 Å². The van der Waals surface area contributed by atoms with Crippen LogP contribution in [0.3, 0.4) is 0 Å². The normalized spacial score (nSPS) is 11.0. The van der Waals surface area contributed by atoms with Gasteiger partial charge in [0.2, 0.25) is 0 Å². The summed E-state index contributed by atoms with van der Waals surface area (Å²) in [7, 11) is 1.58. The molecule has 0 radical (unpaired) electrons. The number of nitrogens with one attached hydrogen (secondary N) is 1. The maximum absolute atomic E-state index is 13.5. The molecule has 0 saturated heterocycles. The average Bonchev–Trinajstić information content (AvgIpc) is 3.05. The van der Waals surface area contributed by atoms with Gasteiger partial charge in [0.1, 0.15) is 17.4 Å². The van der Waals surface area contributed by atoms with E-state index in [0.29, 0.717) is 5.82 Å². The summed E-state index contributed by atoms with van der Waals surface area (Å²) in [5, 5.41) is 14.2. The van der Waals surface area contributed by atoms with Crippen molar-refractivity contribution < 1.29 is 13.5 Å². The van der Waals surface area contributed by atoms with Crippen LogP contribution >= 0.6 is 0 Å². The fourth-order valence-electron chi connectivity index (χ4n) is 2.02. The largest absolute Gasteiger partial charge is 0.497 e. The van der Waals surface area contributed by atoms with E-state index >= 15 is 0 Å². The van der Waals surface area contributed by atoms with Crippen molar-refractivity contribution in [2.24, 2.45) is 0 Å². The molecule has 2 aromatic carbocycles. The molecular formula is C16H13F2N5O. The number of halogens is 2. The molecule has 0 fully saturated rings. The maximum Gasteiger partial charge on any atom is 0.181 e. The Bertz CT molecular complexity index is 861. The third-order valence-electron chi connectivity index (χ3n) is 3.21. The average molecular weight is 329 g/mol. The minimum absolute atomic E-state index is 0.149. The molecule has 0 spiro atoms. The van der Waals surface area contributed by atoms with Crippen LogP contribution in [0.2, 0.25) is 0 Å². The summed E-state index contributed by atoms with van der Waals surface area (Å²) >= 11 is 0. The number of benzene rings is 2. The highest BCUT2D eigenvalue weighted by atomic mass is 19.1. The quantitative estimate of drug-likeness (QED) is 0.779. The molecule has 0 amide bonds. The zero-order valence-corrected chi connectivity index (χ0v) is 12.6. The molecule has 6 nitrogen and oxygen atoms in total. The van der Waals surface area contributed by atoms with Crippen LogP contribution in [-0.4, -0.2) is 27.3 Å². The second-order valence-corrected chi connectivity index (χ2v) is 4.75. The molecule has 0 unspecified atom stereocenters. The summed E-state index contributed by atoms with van der Waals surface area (Å²) in [6.07, 6.45) is 3.05. The van der Waals surface area contributed by atoms with Crippen LogP contribution in [0.1, 0.15) is 5.82 Å². The van der Waals surface area contributed by atoms with Crippen molar-refractivity contribution in [1.29, 1.82) is 0 Å². The summed E-state index contributed by atoms with van der Waals surface area (Å²) < 4.78 is 33.0. The summed E-state index contributed by atoms with van der Waals surface area (Å²) in [6.45, 7) is 0. The highest BCUT2D eigenvalue weighted by molar-refractivity contribution is 5.53. The minimum Gasteiger partial charge on any atom is -0.497 e. The second kappa shape index (κ2) is 6.86. The molecule has 0 saturated carbocycles. The predicted octanol–water partition coefficient (Wildman–Crippen LogP) is 3.03. The number of methoxy groups -OCH3 is 1. The van der Waals surface area contributed by atoms with Crippen LogP contribution < -0.4 is 10.1 Å². The van der Waals surface area contributed by atoms with Gasteiger partial charge in [0, 0.05) is 18.3 Å². The zero-order chi connectivity index (χ0) is 16.9. The third kappa shape index (κ3) is 3.37. The number of hydrogen-bond donors (Lipinski definition) is 1. The number of ether oxygens (including phenoxy) is 1. The van der Waals surface area contributed by atoms with Gasteiger partial charge in [-0.3, -0.25) is 0 Å². The van der Waals surface area contributed by atoms with Crippen molar-refractivity contribution in [2.45, 2.75) is 0 Å². The van der Waals surface area contributed by atoms with E-state index in [1.54, 1.807) is 37.5 Å². The molecule has 1 N–H and O–H groups in total. The number of tetrazole rings is 1. The molecule has 1 heterocycles. The van der Waals surface area contributed by atoms with Crippen molar-refractivity contribution in [3.8, 4) is 11.4 Å². The maximum atomic E-state index is 13.5. The van der Waals surface area contributed by atoms with E-state index in [2.05, 4.69) is 20.8 Å². The van der Waals surface area contributed by atoms with Gasteiger partial charge in [-0.2, -0.15) is 4.68 Å². The molecular weight excluding hydrogens is 316 g/mol. The van der Waals surface area contributed by atoms with Gasteiger partial charge in [-0.05, 0) is 46.8 Å². The molecule has 24 heavy (non-hydrogen) atoms. The van der Waals surface area contributed by atoms with E-state index in [9.17, 15) is 8.78 Å². The first kappa shape index (κ1) is 15.6. The van der Waals surface area contributed by atoms with E-state index in [1.807, 2.05) is 0 Å². The topological polar surface area (TPSA) is 64.9 Å². The van der Waals surface area contributed by atoms with Crippen molar-refractivity contribution in [2.75, 3.05) is 12.4 Å². The van der Waals surface area contributed by atoms with Gasteiger partial charge in [-0.1, -0.05) is 0 Å². The smallest absolute Gasteiger partial charge is 0.181 e. The molecule has 1 aromatic heterocycles. The fraction of sp³-hybridized carbons (Fsp3) is 0.0625. The van der Waals surface area contributed by atoms with Crippen LogP contribution in [0.4, 0.5) is 14.5 Å². The summed E-state index contributed by atoms with van der Waals surface area (Å²) in [5.41, 5.74) is 0.893. The van der Waals surface area contributed by atoms with E-state index in [1.165, 1.54) is 23.0 Å². The first-order valence-corrected chi connectivity index (χ1v) is 6.98. The SMILES string of the molecule is COc1ccc(-n2nnnc2/C=C/Nc2ccc(F)cc2F)cc1. The van der Waals surface area contributed by atoms with Crippen LogP contribution in [-0.2, 0) is 0 Å². The van der Waals surface area contributed by atoms with E-state index in [-0.39, 0.29) is 5.69 Å². The minimum atomic E-state index is -0.686. The number of nitrogens with zero attached hydrogens (tertiary/aromatic N) is 4. The van der Waals surface area contributed by atoms with Crippen molar-refractivity contribution in [3.63, 3.8) is 0 Å². The summed E-state index contributed by atoms with van der Waals surface area (Å²) in [5.74, 6) is -0.160. The van der Waals surface area contributed by atoms with Gasteiger partial charge in [0.25, 0.3) is 0 Å². The number of anilines is 1. The molecule has 0 aliphatic heterocycles. The first-order chi connectivity index (χ1) is 11.7. The Labute approximate surface area is 136 Å². The van der Waals surface area contributed by atoms with Crippen molar-refractivity contribution in [3.05, 3.63) is 66.1 Å². The molecule has 122 valence electrons. The molecule has 0 aliphatic rings. The van der Waals surface area contributed by atoms with Crippen LogP contribution in [0.5, 0.6) is 5.75 Å². The van der Waals surface area contributed by atoms with E-state index < -0.39 is 11.6 Å². The molecule has 3 rings (SSSR count). The van der Waals surface area contributed by atoms with Crippen molar-refractivity contribution >= 4 is 11.8 Å². The number of hydrogen-bond acceptors (Lipinski definition) is 5. The molecule has 0 bridgehead atoms. The van der Waals surface area contributed by atoms with Crippen LogP contribution in [0, 0.1) is 11.6 Å². The lowest BCUT2D eigenvalue weighted by Crippen LogP contribution is -2.00. The Hall–Kier alpha value is -3.29. The van der Waals surface area contributed by atoms with E-state index in [4.69, 9.17) is 4.74 Å². The summed E-state index contributed by atoms with van der Waals surface area (Å²) in [6, 6.07) is 10.5. The van der Waals surface area contributed by atoms with Crippen LogP contribution in [0.25, 0.3) is 11.8 Å². The Morgan fingerprint density at radius 2 is 1.92 bits per heavy atom. The molecule has 0 aliphatic carbocycles.